The van der Waals surface area contributed by atoms with E-state index in [-0.39, 0.29) is 6.61 Å². The van der Waals surface area contributed by atoms with Crippen LogP contribution in [-0.4, -0.2) is 42.6 Å². The summed E-state index contributed by atoms with van der Waals surface area (Å²) >= 11 is 0. The van der Waals surface area contributed by atoms with Gasteiger partial charge in [0.05, 0.1) is 7.11 Å². The van der Waals surface area contributed by atoms with Gasteiger partial charge in [-0.3, -0.25) is 9.69 Å². The molecule has 1 aromatic heterocycles. The number of nitrogens with two attached hydrogens (primary N) is 1. The molecule has 0 saturated heterocycles. The van der Waals surface area contributed by atoms with Crippen molar-refractivity contribution >= 4 is 16.8 Å². The topological polar surface area (TPSA) is 80.6 Å². The van der Waals surface area contributed by atoms with Crippen LogP contribution in [0.25, 0.3) is 10.9 Å². The molecule has 4 rings (SSSR count). The monoisotopic (exact) mass is 513 g/mol. The molecule has 3 N–H and O–H groups in total. The van der Waals surface area contributed by atoms with Crippen molar-refractivity contribution < 1.29 is 14.3 Å². The number of nitrogens with one attached hydrogen (secondary N) is 1. The van der Waals surface area contributed by atoms with E-state index in [4.69, 9.17) is 15.2 Å². The van der Waals surface area contributed by atoms with Crippen LogP contribution in [0.4, 0.5) is 0 Å². The average molecular weight is 514 g/mol. The van der Waals surface area contributed by atoms with Gasteiger partial charge in [-0.1, -0.05) is 61.0 Å². The van der Waals surface area contributed by atoms with Crippen LogP contribution in [0.3, 0.4) is 0 Å². The number of methoxy groups -OCH3 is 1. The Morgan fingerprint density at radius 3 is 2.34 bits per heavy atom. The second-order valence-corrected chi connectivity index (χ2v) is 8.71. The number of rotatable bonds is 11. The molecule has 0 aliphatic heterocycles. The Labute approximate surface area is 226 Å². The van der Waals surface area contributed by atoms with Gasteiger partial charge in [-0.2, -0.15) is 0 Å². The highest BCUT2D eigenvalue weighted by molar-refractivity contribution is 5.83. The summed E-state index contributed by atoms with van der Waals surface area (Å²) in [6, 6.07) is 24.3. The SMILES string of the molecule is C#C.CCN(CCCc1c[nH]c2ccccc12)Cc1ccccc1OC.Cc1ccc(OCC(N)=O)cc1. The number of H-pyrrole nitrogens is 1. The Kier molecular flexibility index (Phi) is 13.0. The number of fused-ring (bicyclic) bond motifs is 1. The van der Waals surface area contributed by atoms with Crippen molar-refractivity contribution in [2.24, 2.45) is 5.73 Å². The number of carbonyl (C=O) groups excluding carboxylic acids is 1. The first-order valence-electron chi connectivity index (χ1n) is 12.7. The van der Waals surface area contributed by atoms with Crippen molar-refractivity contribution in [3.8, 4) is 24.3 Å². The van der Waals surface area contributed by atoms with Gasteiger partial charge in [-0.05, 0) is 62.7 Å². The second-order valence-electron chi connectivity index (χ2n) is 8.71. The van der Waals surface area contributed by atoms with Crippen LogP contribution >= 0.6 is 0 Å². The molecule has 0 saturated carbocycles. The van der Waals surface area contributed by atoms with Gasteiger partial charge in [0.15, 0.2) is 6.61 Å². The Hall–Kier alpha value is -4.21. The number of aromatic amines is 1. The van der Waals surface area contributed by atoms with Crippen LogP contribution in [0, 0.1) is 19.8 Å². The maximum Gasteiger partial charge on any atom is 0.255 e. The molecular formula is C32H39N3O3. The molecule has 0 spiro atoms. The van der Waals surface area contributed by atoms with Gasteiger partial charge in [-0.15, -0.1) is 12.8 Å². The number of benzene rings is 3. The lowest BCUT2D eigenvalue weighted by Gasteiger charge is -2.21. The Morgan fingerprint density at radius 1 is 0.974 bits per heavy atom. The van der Waals surface area contributed by atoms with Gasteiger partial charge in [0.2, 0.25) is 0 Å². The van der Waals surface area contributed by atoms with Crippen molar-refractivity contribution in [2.75, 3.05) is 26.8 Å². The molecule has 0 radical (unpaired) electrons. The zero-order valence-electron chi connectivity index (χ0n) is 22.7. The van der Waals surface area contributed by atoms with Gasteiger partial charge >= 0.3 is 0 Å². The quantitative estimate of drug-likeness (QED) is 0.251. The summed E-state index contributed by atoms with van der Waals surface area (Å²) in [5.74, 6) is 1.18. The number of hydrogen-bond donors (Lipinski definition) is 2. The predicted molar refractivity (Wildman–Crippen MR) is 156 cm³/mol. The van der Waals surface area contributed by atoms with E-state index in [1.165, 1.54) is 22.0 Å². The smallest absolute Gasteiger partial charge is 0.255 e. The molecule has 0 unspecified atom stereocenters. The van der Waals surface area contributed by atoms with Crippen LogP contribution in [0.1, 0.15) is 30.0 Å². The third-order valence-electron chi connectivity index (χ3n) is 6.03. The van der Waals surface area contributed by atoms with E-state index in [2.05, 4.69) is 72.2 Å². The summed E-state index contributed by atoms with van der Waals surface area (Å²) in [5.41, 5.74) is 9.96. The van der Waals surface area contributed by atoms with Crippen LogP contribution in [0.15, 0.2) is 79.0 Å². The first-order valence-corrected chi connectivity index (χ1v) is 12.7. The summed E-state index contributed by atoms with van der Waals surface area (Å²) in [7, 11) is 1.74. The van der Waals surface area contributed by atoms with Crippen molar-refractivity contribution in [3.63, 3.8) is 0 Å². The normalized spacial score (nSPS) is 10.2. The standard InChI is InChI=1S/C21H26N2O.C9H11NO2.C2H2/c1-3-23(16-18-9-4-7-13-21(18)24-2)14-8-10-17-15-22-20-12-6-5-11-19(17)20;1-7-2-4-8(5-3-7)12-6-9(10)11;1-2/h4-7,9,11-13,15,22H,3,8,10,14,16H2,1-2H3;2-5H,6H2,1H3,(H2,10,11);1-2H. The molecule has 1 heterocycles. The highest BCUT2D eigenvalue weighted by Crippen LogP contribution is 2.21. The molecule has 6 nitrogen and oxygen atoms in total. The van der Waals surface area contributed by atoms with E-state index in [0.29, 0.717) is 5.75 Å². The molecule has 3 aromatic carbocycles. The van der Waals surface area contributed by atoms with Crippen LogP contribution in [0.2, 0.25) is 0 Å². The van der Waals surface area contributed by atoms with Crippen molar-refractivity contribution in [1.29, 1.82) is 0 Å². The van der Waals surface area contributed by atoms with Crippen molar-refractivity contribution in [2.45, 2.75) is 33.2 Å². The molecule has 6 heteroatoms. The molecule has 0 fully saturated rings. The van der Waals surface area contributed by atoms with Crippen LogP contribution in [-0.2, 0) is 17.8 Å². The molecule has 200 valence electrons. The molecule has 0 aliphatic rings. The fourth-order valence-electron chi connectivity index (χ4n) is 4.04. The minimum atomic E-state index is -0.462. The highest BCUT2D eigenvalue weighted by Gasteiger charge is 2.09. The number of aryl methyl sites for hydroxylation is 2. The maximum atomic E-state index is 10.3. The lowest BCUT2D eigenvalue weighted by atomic mass is 10.1. The van der Waals surface area contributed by atoms with E-state index >= 15 is 0 Å². The van der Waals surface area contributed by atoms with Gasteiger partial charge in [0.1, 0.15) is 11.5 Å². The van der Waals surface area contributed by atoms with E-state index in [9.17, 15) is 4.79 Å². The Balaban J connectivity index is 0.000000305. The van der Waals surface area contributed by atoms with E-state index < -0.39 is 5.91 Å². The third-order valence-corrected chi connectivity index (χ3v) is 6.03. The molecule has 38 heavy (non-hydrogen) atoms. The number of hydrogen-bond acceptors (Lipinski definition) is 4. The van der Waals surface area contributed by atoms with Gasteiger partial charge in [0, 0.05) is 29.2 Å². The number of para-hydroxylation sites is 2. The Morgan fingerprint density at radius 2 is 1.66 bits per heavy atom. The number of terminal acetylenes is 1. The maximum absolute atomic E-state index is 10.3. The predicted octanol–water partition coefficient (Wildman–Crippen LogP) is 5.74. The summed E-state index contributed by atoms with van der Waals surface area (Å²) in [5, 5.41) is 1.35. The van der Waals surface area contributed by atoms with Crippen LogP contribution in [0.5, 0.6) is 11.5 Å². The number of ether oxygens (including phenoxy) is 2. The first-order chi connectivity index (χ1) is 18.5. The number of amides is 1. The van der Waals surface area contributed by atoms with E-state index in [0.717, 1.165) is 43.8 Å². The minimum Gasteiger partial charge on any atom is -0.496 e. The molecule has 1 amide bonds. The minimum absolute atomic E-state index is 0.0664. The number of carbonyl (C=O) groups is 1. The van der Waals surface area contributed by atoms with E-state index in [1.807, 2.05) is 31.2 Å². The molecule has 0 atom stereocenters. The largest absolute Gasteiger partial charge is 0.496 e. The molecule has 0 bridgehead atoms. The summed E-state index contributed by atoms with van der Waals surface area (Å²) in [6.07, 6.45) is 12.4. The van der Waals surface area contributed by atoms with E-state index in [1.54, 1.807) is 19.2 Å². The van der Waals surface area contributed by atoms with Crippen LogP contribution < -0.4 is 15.2 Å². The summed E-state index contributed by atoms with van der Waals surface area (Å²) < 4.78 is 10.5. The van der Waals surface area contributed by atoms with Gasteiger partial charge < -0.3 is 20.2 Å². The zero-order valence-corrected chi connectivity index (χ0v) is 22.7. The number of nitrogens with zero attached hydrogens (tertiary/aromatic N) is 1. The molecule has 4 aromatic rings. The highest BCUT2D eigenvalue weighted by atomic mass is 16.5. The average Bonchev–Trinajstić information content (AvgIpc) is 3.37. The molecule has 0 aliphatic carbocycles. The summed E-state index contributed by atoms with van der Waals surface area (Å²) in [4.78, 5) is 16.2. The third kappa shape index (κ3) is 9.68. The number of primary amides is 1. The fraction of sp³-hybridized carbons (Fsp3) is 0.281. The van der Waals surface area contributed by atoms with Gasteiger partial charge in [0.25, 0.3) is 5.91 Å². The zero-order chi connectivity index (χ0) is 27.8. The Bertz CT molecular complexity index is 1260. The number of aromatic nitrogens is 1. The lowest BCUT2D eigenvalue weighted by Crippen LogP contribution is -2.24. The molecular weight excluding hydrogens is 474 g/mol. The summed E-state index contributed by atoms with van der Waals surface area (Å²) in [6.45, 7) is 7.22. The lowest BCUT2D eigenvalue weighted by molar-refractivity contribution is -0.119. The fourth-order valence-corrected chi connectivity index (χ4v) is 4.04. The first kappa shape index (κ1) is 30.0. The van der Waals surface area contributed by atoms with Gasteiger partial charge in [-0.25, -0.2) is 0 Å². The van der Waals surface area contributed by atoms with Crippen molar-refractivity contribution in [3.05, 3.63) is 95.7 Å². The van der Waals surface area contributed by atoms with Crippen molar-refractivity contribution in [1.82, 2.24) is 9.88 Å². The second kappa shape index (κ2) is 16.5.